The third-order valence-corrected chi connectivity index (χ3v) is 4.53. The molecule has 118 valence electrons. The predicted molar refractivity (Wildman–Crippen MR) is 99.7 cm³/mol. The average Bonchev–Trinajstić information content (AvgIpc) is 2.59. The second-order valence-corrected chi connectivity index (χ2v) is 6.09. The summed E-state index contributed by atoms with van der Waals surface area (Å²) in [6.45, 7) is 2.21. The molecule has 1 heterocycles. The monoisotopic (exact) mass is 323 g/mol. The topological polar surface area (TPSA) is 25.0 Å². The average molecular weight is 323 g/mol. The molecular formula is C20H21NOS. The van der Waals surface area contributed by atoms with Crippen molar-refractivity contribution in [3.8, 4) is 16.9 Å². The highest BCUT2D eigenvalue weighted by Crippen LogP contribution is 2.33. The number of aromatic amines is 1. The summed E-state index contributed by atoms with van der Waals surface area (Å²) in [5.41, 5.74) is 4.77. The van der Waals surface area contributed by atoms with Crippen molar-refractivity contribution >= 4 is 23.1 Å². The molecule has 0 radical (unpaired) electrons. The summed E-state index contributed by atoms with van der Waals surface area (Å²) in [5, 5.41) is 1.22. The van der Waals surface area contributed by atoms with Gasteiger partial charge in [-0.1, -0.05) is 55.9 Å². The van der Waals surface area contributed by atoms with E-state index in [0.29, 0.717) is 0 Å². The van der Waals surface area contributed by atoms with E-state index in [-0.39, 0.29) is 0 Å². The van der Waals surface area contributed by atoms with Gasteiger partial charge in [-0.3, -0.25) is 0 Å². The first-order valence-corrected chi connectivity index (χ1v) is 8.43. The molecule has 0 atom stereocenters. The van der Waals surface area contributed by atoms with Crippen LogP contribution in [-0.4, -0.2) is 12.1 Å². The number of benzene rings is 2. The quantitative estimate of drug-likeness (QED) is 0.590. The number of methoxy groups -OCH3 is 1. The fraction of sp³-hybridized carbons (Fsp3) is 0.250. The highest BCUT2D eigenvalue weighted by atomic mass is 32.1. The second-order valence-electron chi connectivity index (χ2n) is 5.69. The lowest BCUT2D eigenvalue weighted by Crippen LogP contribution is -1.97. The van der Waals surface area contributed by atoms with E-state index < -0.39 is 0 Å². The van der Waals surface area contributed by atoms with E-state index in [2.05, 4.69) is 42.2 Å². The standard InChI is InChI=1S/C20H21NOS/c1-3-4-7-17-19(14-10-12-15(22-2)13-11-14)16-8-5-6-9-18(16)21-20(17)23/h5-6,8-13H,3-4,7H2,1-2H3,(H,21,23). The van der Waals surface area contributed by atoms with Gasteiger partial charge >= 0.3 is 0 Å². The first-order chi connectivity index (χ1) is 11.2. The fourth-order valence-electron chi connectivity index (χ4n) is 2.96. The SMILES string of the molecule is CCCCc1c(-c2ccc(OC)cc2)c2ccccc2[nH]c1=S. The smallest absolute Gasteiger partial charge is 0.118 e. The molecule has 3 heteroatoms. The lowest BCUT2D eigenvalue weighted by atomic mass is 9.94. The third kappa shape index (κ3) is 3.15. The molecule has 1 aromatic heterocycles. The number of rotatable bonds is 5. The lowest BCUT2D eigenvalue weighted by Gasteiger charge is -2.14. The Hall–Kier alpha value is -2.13. The van der Waals surface area contributed by atoms with Gasteiger partial charge in [-0.2, -0.15) is 0 Å². The van der Waals surface area contributed by atoms with E-state index in [1.807, 2.05) is 18.2 Å². The molecule has 3 aromatic rings. The van der Waals surface area contributed by atoms with E-state index in [4.69, 9.17) is 17.0 Å². The Morgan fingerprint density at radius 2 is 1.78 bits per heavy atom. The molecule has 0 aliphatic rings. The van der Waals surface area contributed by atoms with Crippen LogP contribution in [0.1, 0.15) is 25.3 Å². The number of nitrogens with one attached hydrogen (secondary N) is 1. The first-order valence-electron chi connectivity index (χ1n) is 8.03. The lowest BCUT2D eigenvalue weighted by molar-refractivity contribution is 0.415. The van der Waals surface area contributed by atoms with Gasteiger partial charge in [0.2, 0.25) is 0 Å². The molecule has 0 unspecified atom stereocenters. The highest BCUT2D eigenvalue weighted by molar-refractivity contribution is 7.71. The summed E-state index contributed by atoms with van der Waals surface area (Å²) in [5.74, 6) is 0.870. The van der Waals surface area contributed by atoms with Crippen LogP contribution in [0.5, 0.6) is 5.75 Å². The van der Waals surface area contributed by atoms with Crippen molar-refractivity contribution in [2.45, 2.75) is 26.2 Å². The van der Waals surface area contributed by atoms with E-state index in [9.17, 15) is 0 Å². The molecule has 0 spiro atoms. The minimum Gasteiger partial charge on any atom is -0.497 e. The van der Waals surface area contributed by atoms with Gasteiger partial charge in [0.05, 0.1) is 7.11 Å². The van der Waals surface area contributed by atoms with Crippen LogP contribution in [0.15, 0.2) is 48.5 Å². The number of hydrogen-bond donors (Lipinski definition) is 1. The summed E-state index contributed by atoms with van der Waals surface area (Å²) in [4.78, 5) is 3.39. The van der Waals surface area contributed by atoms with Gasteiger partial charge in [-0.25, -0.2) is 0 Å². The number of H-pyrrole nitrogens is 1. The van der Waals surface area contributed by atoms with Crippen LogP contribution in [0.25, 0.3) is 22.0 Å². The molecule has 0 saturated heterocycles. The molecule has 0 amide bonds. The highest BCUT2D eigenvalue weighted by Gasteiger charge is 2.12. The summed E-state index contributed by atoms with van der Waals surface area (Å²) in [6.07, 6.45) is 3.29. The zero-order chi connectivity index (χ0) is 16.2. The zero-order valence-corrected chi connectivity index (χ0v) is 14.4. The Bertz CT molecular complexity index is 865. The Morgan fingerprint density at radius 1 is 1.04 bits per heavy atom. The van der Waals surface area contributed by atoms with Gasteiger partial charge in [0.1, 0.15) is 10.4 Å². The minimum absolute atomic E-state index is 0.850. The maximum absolute atomic E-state index is 5.65. The maximum Gasteiger partial charge on any atom is 0.118 e. The normalized spacial score (nSPS) is 10.9. The van der Waals surface area contributed by atoms with E-state index in [0.717, 1.165) is 35.2 Å². The van der Waals surface area contributed by atoms with Crippen LogP contribution >= 0.6 is 12.2 Å². The number of para-hydroxylation sites is 1. The zero-order valence-electron chi connectivity index (χ0n) is 13.6. The van der Waals surface area contributed by atoms with Crippen molar-refractivity contribution in [1.82, 2.24) is 4.98 Å². The van der Waals surface area contributed by atoms with Crippen LogP contribution in [0.4, 0.5) is 0 Å². The Labute approximate surface area is 142 Å². The summed E-state index contributed by atoms with van der Waals surface area (Å²) < 4.78 is 6.13. The summed E-state index contributed by atoms with van der Waals surface area (Å²) in [7, 11) is 1.69. The van der Waals surface area contributed by atoms with Crippen LogP contribution in [0.3, 0.4) is 0 Å². The van der Waals surface area contributed by atoms with Crippen molar-refractivity contribution in [2.24, 2.45) is 0 Å². The molecule has 0 aliphatic heterocycles. The number of aromatic nitrogens is 1. The third-order valence-electron chi connectivity index (χ3n) is 4.18. The second kappa shape index (κ2) is 6.97. The predicted octanol–water partition coefficient (Wildman–Crippen LogP) is 5.92. The molecule has 3 rings (SSSR count). The van der Waals surface area contributed by atoms with Gasteiger partial charge < -0.3 is 9.72 Å². The number of ether oxygens (including phenoxy) is 1. The molecular weight excluding hydrogens is 302 g/mol. The molecule has 0 aliphatic carbocycles. The number of fused-ring (bicyclic) bond motifs is 1. The van der Waals surface area contributed by atoms with E-state index in [1.54, 1.807) is 7.11 Å². The van der Waals surface area contributed by atoms with Crippen LogP contribution in [0.2, 0.25) is 0 Å². The number of hydrogen-bond acceptors (Lipinski definition) is 2. The van der Waals surface area contributed by atoms with E-state index in [1.165, 1.54) is 22.1 Å². The van der Waals surface area contributed by atoms with Crippen molar-refractivity contribution in [1.29, 1.82) is 0 Å². The van der Waals surface area contributed by atoms with Crippen molar-refractivity contribution in [2.75, 3.05) is 7.11 Å². The van der Waals surface area contributed by atoms with Gasteiger partial charge in [0.25, 0.3) is 0 Å². The first kappa shape index (κ1) is 15.8. The van der Waals surface area contributed by atoms with Gasteiger partial charge in [-0.05, 0) is 47.7 Å². The molecule has 0 bridgehead atoms. The number of unbranched alkanes of at least 4 members (excludes halogenated alkanes) is 1. The van der Waals surface area contributed by atoms with E-state index >= 15 is 0 Å². The minimum atomic E-state index is 0.850. The van der Waals surface area contributed by atoms with Crippen molar-refractivity contribution in [3.05, 3.63) is 58.7 Å². The number of pyridine rings is 1. The summed E-state index contributed by atoms with van der Waals surface area (Å²) in [6, 6.07) is 16.6. The summed E-state index contributed by atoms with van der Waals surface area (Å²) >= 11 is 5.65. The van der Waals surface area contributed by atoms with Gasteiger partial charge in [0, 0.05) is 10.9 Å². The van der Waals surface area contributed by atoms with Gasteiger partial charge in [0.15, 0.2) is 0 Å². The Kier molecular flexibility index (Phi) is 4.77. The molecule has 0 fully saturated rings. The molecule has 2 nitrogen and oxygen atoms in total. The van der Waals surface area contributed by atoms with Gasteiger partial charge in [-0.15, -0.1) is 0 Å². The maximum atomic E-state index is 5.65. The molecule has 23 heavy (non-hydrogen) atoms. The van der Waals surface area contributed by atoms with Crippen molar-refractivity contribution < 1.29 is 4.74 Å². The molecule has 0 saturated carbocycles. The van der Waals surface area contributed by atoms with Crippen LogP contribution in [0, 0.1) is 4.64 Å². The molecule has 2 aromatic carbocycles. The fourth-order valence-corrected chi connectivity index (χ4v) is 3.28. The van der Waals surface area contributed by atoms with Crippen LogP contribution in [-0.2, 0) is 6.42 Å². The van der Waals surface area contributed by atoms with Crippen LogP contribution < -0.4 is 4.74 Å². The largest absolute Gasteiger partial charge is 0.497 e. The Balaban J connectivity index is 2.27. The molecule has 1 N–H and O–H groups in total. The van der Waals surface area contributed by atoms with Crippen molar-refractivity contribution in [3.63, 3.8) is 0 Å². The Morgan fingerprint density at radius 3 is 2.48 bits per heavy atom.